The minimum absolute atomic E-state index is 0.0257. The number of piperidine rings is 1. The molecule has 0 aliphatic carbocycles. The first kappa shape index (κ1) is 11.0. The summed E-state index contributed by atoms with van der Waals surface area (Å²) in [6.07, 6.45) is 3.31. The number of carbonyl (C=O) groups excluding carboxylic acids is 1. The van der Waals surface area contributed by atoms with Gasteiger partial charge >= 0.3 is 0 Å². The van der Waals surface area contributed by atoms with E-state index < -0.39 is 0 Å². The SMILES string of the molecule is CC[C@H](Br)C(=O)N1CCC[C@H](C)C1. The maximum absolute atomic E-state index is 11.8. The van der Waals surface area contributed by atoms with Gasteiger partial charge in [-0.1, -0.05) is 29.8 Å². The van der Waals surface area contributed by atoms with Crippen LogP contribution in [-0.2, 0) is 4.79 Å². The van der Waals surface area contributed by atoms with Crippen LogP contribution in [0.2, 0.25) is 0 Å². The Morgan fingerprint density at radius 2 is 2.38 bits per heavy atom. The molecule has 0 radical (unpaired) electrons. The standard InChI is InChI=1S/C10H18BrNO/c1-3-9(11)10(13)12-6-4-5-8(2)7-12/h8-9H,3-7H2,1-2H3/t8-,9-/m0/s1. The van der Waals surface area contributed by atoms with Crippen molar-refractivity contribution >= 4 is 21.8 Å². The van der Waals surface area contributed by atoms with Gasteiger partial charge in [-0.25, -0.2) is 0 Å². The highest BCUT2D eigenvalue weighted by Gasteiger charge is 2.24. The van der Waals surface area contributed by atoms with Crippen molar-refractivity contribution in [2.24, 2.45) is 5.92 Å². The zero-order valence-electron chi connectivity index (χ0n) is 8.42. The normalized spacial score (nSPS) is 25.8. The number of amides is 1. The molecule has 13 heavy (non-hydrogen) atoms. The number of hydrogen-bond acceptors (Lipinski definition) is 1. The number of carbonyl (C=O) groups is 1. The van der Waals surface area contributed by atoms with E-state index in [1.165, 1.54) is 6.42 Å². The van der Waals surface area contributed by atoms with E-state index in [-0.39, 0.29) is 10.7 Å². The zero-order valence-corrected chi connectivity index (χ0v) is 10.0. The molecular weight excluding hydrogens is 230 g/mol. The number of rotatable bonds is 2. The third-order valence-corrected chi connectivity index (χ3v) is 3.63. The average Bonchev–Trinajstić information content (AvgIpc) is 2.15. The second-order valence-corrected chi connectivity index (χ2v) is 5.01. The molecule has 1 aliphatic rings. The van der Waals surface area contributed by atoms with Gasteiger partial charge in [-0.05, 0) is 25.2 Å². The lowest BCUT2D eigenvalue weighted by molar-refractivity contribution is -0.132. The summed E-state index contributed by atoms with van der Waals surface area (Å²) < 4.78 is 0. The third kappa shape index (κ3) is 2.97. The molecule has 0 aromatic heterocycles. The Morgan fingerprint density at radius 3 is 2.92 bits per heavy atom. The van der Waals surface area contributed by atoms with Crippen molar-refractivity contribution in [2.45, 2.75) is 37.9 Å². The van der Waals surface area contributed by atoms with E-state index in [0.717, 1.165) is 25.9 Å². The van der Waals surface area contributed by atoms with E-state index in [1.54, 1.807) is 0 Å². The lowest BCUT2D eigenvalue weighted by Gasteiger charge is -2.32. The van der Waals surface area contributed by atoms with Gasteiger partial charge in [0, 0.05) is 13.1 Å². The lowest BCUT2D eigenvalue weighted by Crippen LogP contribution is -2.42. The van der Waals surface area contributed by atoms with Crippen LogP contribution in [0.25, 0.3) is 0 Å². The van der Waals surface area contributed by atoms with E-state index in [1.807, 2.05) is 11.8 Å². The molecule has 76 valence electrons. The first-order chi connectivity index (χ1) is 6.15. The summed E-state index contributed by atoms with van der Waals surface area (Å²) in [5.74, 6) is 0.948. The van der Waals surface area contributed by atoms with E-state index in [2.05, 4.69) is 22.9 Å². The Kier molecular flexibility index (Phi) is 4.23. The maximum atomic E-state index is 11.8. The van der Waals surface area contributed by atoms with Crippen molar-refractivity contribution in [3.63, 3.8) is 0 Å². The van der Waals surface area contributed by atoms with Gasteiger partial charge in [0.2, 0.25) is 5.91 Å². The third-order valence-electron chi connectivity index (χ3n) is 2.60. The smallest absolute Gasteiger partial charge is 0.236 e. The van der Waals surface area contributed by atoms with E-state index in [4.69, 9.17) is 0 Å². The summed E-state index contributed by atoms with van der Waals surface area (Å²) in [6.45, 7) is 6.14. The Hall–Kier alpha value is -0.0500. The van der Waals surface area contributed by atoms with Gasteiger partial charge in [0.25, 0.3) is 0 Å². The molecule has 1 rings (SSSR count). The number of alkyl halides is 1. The fraction of sp³-hybridized carbons (Fsp3) is 0.900. The molecule has 2 nitrogen and oxygen atoms in total. The van der Waals surface area contributed by atoms with Crippen LogP contribution in [0.3, 0.4) is 0 Å². The molecule has 0 aromatic carbocycles. The van der Waals surface area contributed by atoms with E-state index in [0.29, 0.717) is 5.92 Å². The van der Waals surface area contributed by atoms with Crippen LogP contribution < -0.4 is 0 Å². The Labute approximate surface area is 88.8 Å². The average molecular weight is 248 g/mol. The minimum atomic E-state index is 0.0257. The summed E-state index contributed by atoms with van der Waals surface area (Å²) in [7, 11) is 0. The van der Waals surface area contributed by atoms with E-state index >= 15 is 0 Å². The first-order valence-corrected chi connectivity index (χ1v) is 5.99. The molecule has 1 fully saturated rings. The highest BCUT2D eigenvalue weighted by molar-refractivity contribution is 9.10. The molecule has 1 heterocycles. The van der Waals surface area contributed by atoms with Gasteiger partial charge in [-0.15, -0.1) is 0 Å². The number of nitrogens with zero attached hydrogens (tertiary/aromatic N) is 1. The Morgan fingerprint density at radius 1 is 1.69 bits per heavy atom. The molecule has 0 spiro atoms. The highest BCUT2D eigenvalue weighted by atomic mass is 79.9. The van der Waals surface area contributed by atoms with Crippen LogP contribution in [-0.4, -0.2) is 28.7 Å². The fourth-order valence-electron chi connectivity index (χ4n) is 1.76. The molecule has 0 aromatic rings. The van der Waals surface area contributed by atoms with Crippen LogP contribution in [0.4, 0.5) is 0 Å². The molecule has 1 amide bonds. The van der Waals surface area contributed by atoms with Crippen LogP contribution in [0.5, 0.6) is 0 Å². The van der Waals surface area contributed by atoms with Gasteiger partial charge in [0.15, 0.2) is 0 Å². The highest BCUT2D eigenvalue weighted by Crippen LogP contribution is 2.18. The number of hydrogen-bond donors (Lipinski definition) is 0. The molecular formula is C10H18BrNO. The van der Waals surface area contributed by atoms with E-state index in [9.17, 15) is 4.79 Å². The van der Waals surface area contributed by atoms with Crippen molar-refractivity contribution in [2.75, 3.05) is 13.1 Å². The van der Waals surface area contributed by atoms with Crippen LogP contribution in [0, 0.1) is 5.92 Å². The Balaban J connectivity index is 2.46. The van der Waals surface area contributed by atoms with Crippen molar-refractivity contribution < 1.29 is 4.79 Å². The predicted molar refractivity (Wildman–Crippen MR) is 58.0 cm³/mol. The molecule has 1 aliphatic heterocycles. The lowest BCUT2D eigenvalue weighted by atomic mass is 10.00. The molecule has 0 bridgehead atoms. The largest absolute Gasteiger partial charge is 0.341 e. The molecule has 0 saturated carbocycles. The quantitative estimate of drug-likeness (QED) is 0.687. The van der Waals surface area contributed by atoms with Gasteiger partial charge in [0.1, 0.15) is 0 Å². The molecule has 1 saturated heterocycles. The van der Waals surface area contributed by atoms with Crippen LogP contribution >= 0.6 is 15.9 Å². The number of halogens is 1. The minimum Gasteiger partial charge on any atom is -0.341 e. The van der Waals surface area contributed by atoms with Gasteiger partial charge in [-0.3, -0.25) is 4.79 Å². The summed E-state index contributed by atoms with van der Waals surface area (Å²) >= 11 is 3.41. The summed E-state index contributed by atoms with van der Waals surface area (Å²) in [5, 5.41) is 0. The van der Waals surface area contributed by atoms with Crippen LogP contribution in [0.1, 0.15) is 33.1 Å². The van der Waals surface area contributed by atoms with Crippen LogP contribution in [0.15, 0.2) is 0 Å². The molecule has 0 N–H and O–H groups in total. The second kappa shape index (κ2) is 4.99. The van der Waals surface area contributed by atoms with Gasteiger partial charge in [-0.2, -0.15) is 0 Å². The fourth-order valence-corrected chi connectivity index (χ4v) is 2.05. The summed E-state index contributed by atoms with van der Waals surface area (Å²) in [4.78, 5) is 13.8. The molecule has 2 atom stereocenters. The second-order valence-electron chi connectivity index (χ2n) is 3.91. The molecule has 0 unspecified atom stereocenters. The summed E-state index contributed by atoms with van der Waals surface area (Å²) in [5.41, 5.74) is 0. The van der Waals surface area contributed by atoms with Gasteiger partial charge < -0.3 is 4.90 Å². The zero-order chi connectivity index (χ0) is 9.84. The topological polar surface area (TPSA) is 20.3 Å². The molecule has 3 heteroatoms. The predicted octanol–water partition coefficient (Wildman–Crippen LogP) is 2.42. The summed E-state index contributed by atoms with van der Waals surface area (Å²) in [6, 6.07) is 0. The Bertz CT molecular complexity index is 184. The van der Waals surface area contributed by atoms with Crippen molar-refractivity contribution in [1.82, 2.24) is 4.90 Å². The number of likely N-dealkylation sites (tertiary alicyclic amines) is 1. The maximum Gasteiger partial charge on any atom is 0.236 e. The van der Waals surface area contributed by atoms with Gasteiger partial charge in [0.05, 0.1) is 4.83 Å². The monoisotopic (exact) mass is 247 g/mol. The van der Waals surface area contributed by atoms with Crippen molar-refractivity contribution in [1.29, 1.82) is 0 Å². The first-order valence-electron chi connectivity index (χ1n) is 5.08. The van der Waals surface area contributed by atoms with Crippen molar-refractivity contribution in [3.05, 3.63) is 0 Å². The van der Waals surface area contributed by atoms with Crippen molar-refractivity contribution in [3.8, 4) is 0 Å².